The first-order valence-corrected chi connectivity index (χ1v) is 7.89. The zero-order chi connectivity index (χ0) is 13.2. The number of rotatable bonds is 3. The minimum Gasteiger partial charge on any atom is -0.377 e. The van der Waals surface area contributed by atoms with Gasteiger partial charge in [-0.05, 0) is 40.4 Å². The summed E-state index contributed by atoms with van der Waals surface area (Å²) in [5, 5.41) is 8.27. The first-order chi connectivity index (χ1) is 9.24. The van der Waals surface area contributed by atoms with Crippen molar-refractivity contribution < 1.29 is 0 Å². The Kier molecular flexibility index (Phi) is 3.58. The lowest BCUT2D eigenvalue weighted by Crippen LogP contribution is -2.05. The van der Waals surface area contributed by atoms with Crippen LogP contribution in [-0.2, 0) is 0 Å². The van der Waals surface area contributed by atoms with Gasteiger partial charge < -0.3 is 5.32 Å². The first kappa shape index (κ1) is 12.7. The molecule has 2 aromatic carbocycles. The standard InChI is InChI=1S/C16H14BrNS/c1-11(16-9-13(17)10-19-16)18-15-8-4-6-12-5-2-3-7-14(12)15/h2-11,18H,1H3. The van der Waals surface area contributed by atoms with Crippen LogP contribution in [0.4, 0.5) is 5.69 Å². The molecule has 1 heterocycles. The summed E-state index contributed by atoms with van der Waals surface area (Å²) >= 11 is 5.28. The van der Waals surface area contributed by atoms with Crippen LogP contribution in [0.15, 0.2) is 58.4 Å². The lowest BCUT2D eigenvalue weighted by atomic mass is 10.1. The highest BCUT2D eigenvalue weighted by Gasteiger charge is 2.09. The fraction of sp³-hybridized carbons (Fsp3) is 0.125. The molecule has 1 unspecified atom stereocenters. The SMILES string of the molecule is CC(Nc1cccc2ccccc12)c1cc(Br)cs1. The second-order valence-corrected chi connectivity index (χ2v) is 6.42. The molecule has 0 spiro atoms. The van der Waals surface area contributed by atoms with Gasteiger partial charge in [-0.1, -0.05) is 36.4 Å². The molecule has 0 bridgehead atoms. The Labute approximate surface area is 125 Å². The maximum Gasteiger partial charge on any atom is 0.0579 e. The van der Waals surface area contributed by atoms with Gasteiger partial charge in [-0.3, -0.25) is 0 Å². The summed E-state index contributed by atoms with van der Waals surface area (Å²) in [5.74, 6) is 0. The van der Waals surface area contributed by atoms with Crippen LogP contribution in [0.5, 0.6) is 0 Å². The van der Waals surface area contributed by atoms with Gasteiger partial charge in [0.2, 0.25) is 0 Å². The van der Waals surface area contributed by atoms with E-state index in [4.69, 9.17) is 0 Å². The molecule has 0 aliphatic rings. The van der Waals surface area contributed by atoms with Crippen LogP contribution in [0.1, 0.15) is 17.8 Å². The molecular weight excluding hydrogens is 318 g/mol. The molecule has 0 saturated carbocycles. The Balaban J connectivity index is 1.93. The number of anilines is 1. The van der Waals surface area contributed by atoms with Crippen molar-refractivity contribution in [2.24, 2.45) is 0 Å². The largest absolute Gasteiger partial charge is 0.377 e. The topological polar surface area (TPSA) is 12.0 Å². The normalized spacial score (nSPS) is 12.5. The summed E-state index contributed by atoms with van der Waals surface area (Å²) in [6.07, 6.45) is 0. The third kappa shape index (κ3) is 2.67. The van der Waals surface area contributed by atoms with E-state index in [1.165, 1.54) is 21.3 Å². The summed E-state index contributed by atoms with van der Waals surface area (Å²) < 4.78 is 1.15. The van der Waals surface area contributed by atoms with Gasteiger partial charge in [-0.25, -0.2) is 0 Å². The highest BCUT2D eigenvalue weighted by atomic mass is 79.9. The van der Waals surface area contributed by atoms with E-state index in [2.05, 4.69) is 82.1 Å². The van der Waals surface area contributed by atoms with Gasteiger partial charge >= 0.3 is 0 Å². The number of thiophene rings is 1. The minimum absolute atomic E-state index is 0.308. The minimum atomic E-state index is 0.308. The third-order valence-corrected chi connectivity index (χ3v) is 5.05. The molecule has 3 heteroatoms. The van der Waals surface area contributed by atoms with Crippen molar-refractivity contribution in [2.75, 3.05) is 5.32 Å². The monoisotopic (exact) mass is 331 g/mol. The fourth-order valence-electron chi connectivity index (χ4n) is 2.21. The number of hydrogen-bond acceptors (Lipinski definition) is 2. The zero-order valence-electron chi connectivity index (χ0n) is 10.6. The predicted molar refractivity (Wildman–Crippen MR) is 88.0 cm³/mol. The molecule has 3 aromatic rings. The van der Waals surface area contributed by atoms with Crippen molar-refractivity contribution in [3.63, 3.8) is 0 Å². The zero-order valence-corrected chi connectivity index (χ0v) is 13.0. The van der Waals surface area contributed by atoms with Crippen molar-refractivity contribution in [1.29, 1.82) is 0 Å². The summed E-state index contributed by atoms with van der Waals surface area (Å²) in [4.78, 5) is 1.33. The van der Waals surface area contributed by atoms with Crippen LogP contribution >= 0.6 is 27.3 Å². The van der Waals surface area contributed by atoms with Crippen LogP contribution in [0.25, 0.3) is 10.8 Å². The van der Waals surface area contributed by atoms with E-state index in [1.807, 2.05) is 0 Å². The highest BCUT2D eigenvalue weighted by Crippen LogP contribution is 2.30. The first-order valence-electron chi connectivity index (χ1n) is 6.22. The van der Waals surface area contributed by atoms with Gasteiger partial charge in [-0.15, -0.1) is 11.3 Å². The van der Waals surface area contributed by atoms with Crippen molar-refractivity contribution in [3.8, 4) is 0 Å². The number of halogens is 1. The molecule has 1 N–H and O–H groups in total. The molecule has 0 radical (unpaired) electrons. The Bertz CT molecular complexity index is 699. The van der Waals surface area contributed by atoms with Crippen LogP contribution < -0.4 is 5.32 Å². The smallest absolute Gasteiger partial charge is 0.0579 e. The summed E-state index contributed by atoms with van der Waals surface area (Å²) in [6.45, 7) is 2.19. The molecule has 0 amide bonds. The summed E-state index contributed by atoms with van der Waals surface area (Å²) in [5.41, 5.74) is 1.19. The molecule has 96 valence electrons. The maximum absolute atomic E-state index is 3.60. The predicted octanol–water partition coefficient (Wildman–Crippen LogP) is 5.84. The lowest BCUT2D eigenvalue weighted by Gasteiger charge is -2.15. The van der Waals surface area contributed by atoms with E-state index in [9.17, 15) is 0 Å². The molecule has 0 aliphatic heterocycles. The number of nitrogens with one attached hydrogen (secondary N) is 1. The van der Waals surface area contributed by atoms with Gasteiger partial charge in [0.15, 0.2) is 0 Å². The Morgan fingerprint density at radius 3 is 2.68 bits per heavy atom. The molecule has 1 aromatic heterocycles. The van der Waals surface area contributed by atoms with Gasteiger partial charge in [0.05, 0.1) is 6.04 Å². The lowest BCUT2D eigenvalue weighted by molar-refractivity contribution is 0.910. The number of fused-ring (bicyclic) bond motifs is 1. The molecule has 1 atom stereocenters. The Hall–Kier alpha value is -1.32. The van der Waals surface area contributed by atoms with E-state index in [-0.39, 0.29) is 0 Å². The van der Waals surface area contributed by atoms with E-state index in [0.717, 1.165) is 4.47 Å². The number of benzene rings is 2. The highest BCUT2D eigenvalue weighted by molar-refractivity contribution is 9.10. The summed E-state index contributed by atoms with van der Waals surface area (Å²) in [7, 11) is 0. The second-order valence-electron chi connectivity index (χ2n) is 4.56. The van der Waals surface area contributed by atoms with E-state index in [0.29, 0.717) is 6.04 Å². The van der Waals surface area contributed by atoms with Crippen molar-refractivity contribution in [2.45, 2.75) is 13.0 Å². The molecule has 1 nitrogen and oxygen atoms in total. The van der Waals surface area contributed by atoms with Crippen molar-refractivity contribution >= 4 is 43.7 Å². The average Bonchev–Trinajstić information content (AvgIpc) is 2.86. The van der Waals surface area contributed by atoms with Gasteiger partial charge in [-0.2, -0.15) is 0 Å². The Morgan fingerprint density at radius 2 is 1.89 bits per heavy atom. The molecular formula is C16H14BrNS. The van der Waals surface area contributed by atoms with E-state index < -0.39 is 0 Å². The maximum atomic E-state index is 3.60. The molecule has 0 fully saturated rings. The van der Waals surface area contributed by atoms with Gasteiger partial charge in [0.25, 0.3) is 0 Å². The van der Waals surface area contributed by atoms with E-state index in [1.54, 1.807) is 11.3 Å². The van der Waals surface area contributed by atoms with E-state index >= 15 is 0 Å². The quantitative estimate of drug-likeness (QED) is 0.635. The van der Waals surface area contributed by atoms with Gasteiger partial charge in [0, 0.05) is 25.8 Å². The molecule has 0 aliphatic carbocycles. The van der Waals surface area contributed by atoms with Gasteiger partial charge in [0.1, 0.15) is 0 Å². The van der Waals surface area contributed by atoms with Crippen molar-refractivity contribution in [3.05, 3.63) is 63.3 Å². The van der Waals surface area contributed by atoms with Crippen molar-refractivity contribution in [1.82, 2.24) is 0 Å². The molecule has 0 saturated heterocycles. The molecule has 19 heavy (non-hydrogen) atoms. The van der Waals surface area contributed by atoms with Crippen LogP contribution in [0.3, 0.4) is 0 Å². The second kappa shape index (κ2) is 5.35. The number of hydrogen-bond donors (Lipinski definition) is 1. The fourth-order valence-corrected chi connectivity index (χ4v) is 3.66. The summed E-state index contributed by atoms with van der Waals surface area (Å²) in [6, 6.07) is 17.3. The third-order valence-electron chi connectivity index (χ3n) is 3.18. The van der Waals surface area contributed by atoms with Crippen LogP contribution in [0.2, 0.25) is 0 Å². The Morgan fingerprint density at radius 1 is 1.11 bits per heavy atom. The van der Waals surface area contributed by atoms with Crippen LogP contribution in [-0.4, -0.2) is 0 Å². The molecule has 3 rings (SSSR count). The average molecular weight is 332 g/mol. The van der Waals surface area contributed by atoms with Crippen LogP contribution in [0, 0.1) is 0 Å².